The summed E-state index contributed by atoms with van der Waals surface area (Å²) in [5, 5.41) is 7.16. The molecular formula is C23H24N4O4. The fraction of sp³-hybridized carbons (Fsp3) is 0.261. The van der Waals surface area contributed by atoms with E-state index in [9.17, 15) is 9.59 Å². The first-order valence-electron chi connectivity index (χ1n) is 10.1. The molecule has 0 aliphatic carbocycles. The van der Waals surface area contributed by atoms with Crippen LogP contribution in [0.5, 0.6) is 5.75 Å². The van der Waals surface area contributed by atoms with Crippen molar-refractivity contribution < 1.29 is 19.1 Å². The van der Waals surface area contributed by atoms with Gasteiger partial charge < -0.3 is 20.5 Å². The second-order valence-electron chi connectivity index (χ2n) is 7.49. The van der Waals surface area contributed by atoms with E-state index in [0.717, 1.165) is 25.0 Å². The number of anilines is 1. The van der Waals surface area contributed by atoms with Crippen LogP contribution in [0.15, 0.2) is 54.9 Å². The van der Waals surface area contributed by atoms with Crippen LogP contribution in [-0.2, 0) is 4.74 Å². The normalized spacial score (nSPS) is 15.6. The highest BCUT2D eigenvalue weighted by Gasteiger charge is 2.17. The van der Waals surface area contributed by atoms with Gasteiger partial charge in [-0.1, -0.05) is 6.07 Å². The van der Waals surface area contributed by atoms with E-state index >= 15 is 0 Å². The van der Waals surface area contributed by atoms with Crippen molar-refractivity contribution in [2.24, 2.45) is 5.73 Å². The molecule has 3 N–H and O–H groups in total. The van der Waals surface area contributed by atoms with Gasteiger partial charge in [-0.15, -0.1) is 0 Å². The lowest BCUT2D eigenvalue weighted by Crippen LogP contribution is -2.18. The van der Waals surface area contributed by atoms with E-state index in [0.29, 0.717) is 29.3 Å². The van der Waals surface area contributed by atoms with Crippen LogP contribution in [-0.4, -0.2) is 40.9 Å². The minimum atomic E-state index is -0.580. The summed E-state index contributed by atoms with van der Waals surface area (Å²) in [7, 11) is 0. The quantitative estimate of drug-likeness (QED) is 0.611. The molecule has 0 saturated carbocycles. The van der Waals surface area contributed by atoms with E-state index < -0.39 is 5.91 Å². The molecule has 31 heavy (non-hydrogen) atoms. The van der Waals surface area contributed by atoms with Crippen LogP contribution in [0.25, 0.3) is 5.69 Å². The molecule has 1 aliphatic heterocycles. The Balaban J connectivity index is 1.55. The molecule has 1 aliphatic rings. The van der Waals surface area contributed by atoms with Crippen LogP contribution >= 0.6 is 0 Å². The van der Waals surface area contributed by atoms with Gasteiger partial charge >= 0.3 is 0 Å². The van der Waals surface area contributed by atoms with Gasteiger partial charge in [0.25, 0.3) is 5.91 Å². The summed E-state index contributed by atoms with van der Waals surface area (Å²) in [6.07, 6.45) is 5.65. The fourth-order valence-corrected chi connectivity index (χ4v) is 3.42. The number of aromatic nitrogens is 2. The Hall–Kier alpha value is -3.65. The van der Waals surface area contributed by atoms with Crippen LogP contribution in [0, 0.1) is 6.92 Å². The molecule has 1 atom stereocenters. The van der Waals surface area contributed by atoms with E-state index in [1.165, 1.54) is 0 Å². The van der Waals surface area contributed by atoms with Crippen LogP contribution in [0.4, 0.5) is 5.69 Å². The number of amides is 2. The number of carbonyl (C=O) groups excluding carboxylic acids is 2. The smallest absolute Gasteiger partial charge is 0.255 e. The Morgan fingerprint density at radius 1 is 1.26 bits per heavy atom. The van der Waals surface area contributed by atoms with Crippen LogP contribution < -0.4 is 15.8 Å². The molecule has 0 radical (unpaired) electrons. The molecule has 8 heteroatoms. The maximum absolute atomic E-state index is 13.0. The van der Waals surface area contributed by atoms with Crippen LogP contribution in [0.3, 0.4) is 0 Å². The number of nitrogens with one attached hydrogen (secondary N) is 1. The summed E-state index contributed by atoms with van der Waals surface area (Å²) in [6, 6.07) is 11.8. The standard InChI is InChI=1S/C23H24N4O4/c1-15-12-25-27(13-15)21-8-7-16(22(24)28)11-20(21)26-23(29)17-4-2-5-18(10-17)31-14-19-6-3-9-30-19/h2,4-5,7-8,10-13,19H,3,6,9,14H2,1H3,(H2,24,28)(H,26,29)/t19-/m0/s1. The number of rotatable bonds is 7. The lowest BCUT2D eigenvalue weighted by Gasteiger charge is -2.14. The Morgan fingerprint density at radius 2 is 2.13 bits per heavy atom. The van der Waals surface area contributed by atoms with Crippen molar-refractivity contribution in [2.75, 3.05) is 18.5 Å². The van der Waals surface area contributed by atoms with Gasteiger partial charge in [-0.25, -0.2) is 4.68 Å². The molecule has 160 valence electrons. The number of hydrogen-bond acceptors (Lipinski definition) is 5. The van der Waals surface area contributed by atoms with E-state index in [-0.39, 0.29) is 17.6 Å². The highest BCUT2D eigenvalue weighted by Crippen LogP contribution is 2.24. The summed E-state index contributed by atoms with van der Waals surface area (Å²) in [4.78, 5) is 24.6. The topological polar surface area (TPSA) is 108 Å². The maximum Gasteiger partial charge on any atom is 0.255 e. The van der Waals surface area contributed by atoms with Crippen LogP contribution in [0.2, 0.25) is 0 Å². The van der Waals surface area contributed by atoms with Gasteiger partial charge in [0.1, 0.15) is 12.4 Å². The van der Waals surface area contributed by atoms with Crippen molar-refractivity contribution in [1.29, 1.82) is 0 Å². The summed E-state index contributed by atoms with van der Waals surface area (Å²) >= 11 is 0. The number of carbonyl (C=O) groups is 2. The Morgan fingerprint density at radius 3 is 2.84 bits per heavy atom. The van der Waals surface area contributed by atoms with Gasteiger partial charge in [-0.3, -0.25) is 9.59 Å². The lowest BCUT2D eigenvalue weighted by molar-refractivity contribution is 0.0679. The monoisotopic (exact) mass is 420 g/mol. The lowest BCUT2D eigenvalue weighted by atomic mass is 10.1. The molecule has 0 spiro atoms. The highest BCUT2D eigenvalue weighted by molar-refractivity contribution is 6.06. The SMILES string of the molecule is Cc1cnn(-c2ccc(C(N)=O)cc2NC(=O)c2cccc(OC[C@@H]3CCCO3)c2)c1. The molecule has 2 amide bonds. The Bertz CT molecular complexity index is 1100. The summed E-state index contributed by atoms with van der Waals surface area (Å²) in [5.41, 5.74) is 8.15. The number of nitrogens with two attached hydrogens (primary N) is 1. The predicted octanol–water partition coefficient (Wildman–Crippen LogP) is 3.09. The summed E-state index contributed by atoms with van der Waals surface area (Å²) < 4.78 is 13.0. The number of aryl methyl sites for hydroxylation is 1. The molecule has 4 rings (SSSR count). The van der Waals surface area contributed by atoms with Crippen LogP contribution in [0.1, 0.15) is 39.1 Å². The molecule has 0 unspecified atom stereocenters. The number of ether oxygens (including phenoxy) is 2. The molecule has 0 bridgehead atoms. The number of hydrogen-bond donors (Lipinski definition) is 2. The molecule has 2 aromatic carbocycles. The average molecular weight is 420 g/mol. The molecule has 1 aromatic heterocycles. The van der Waals surface area contributed by atoms with Gasteiger partial charge in [0, 0.05) is 23.9 Å². The predicted molar refractivity (Wildman–Crippen MR) is 116 cm³/mol. The Labute approximate surface area is 180 Å². The van der Waals surface area contributed by atoms with E-state index in [4.69, 9.17) is 15.2 Å². The zero-order chi connectivity index (χ0) is 21.8. The first-order valence-corrected chi connectivity index (χ1v) is 10.1. The average Bonchev–Trinajstić information content (AvgIpc) is 3.44. The Kier molecular flexibility index (Phi) is 5.99. The van der Waals surface area contributed by atoms with E-state index in [1.807, 2.05) is 13.1 Å². The van der Waals surface area contributed by atoms with Crippen molar-refractivity contribution >= 4 is 17.5 Å². The molecule has 8 nitrogen and oxygen atoms in total. The third-order valence-electron chi connectivity index (χ3n) is 5.04. The second-order valence-corrected chi connectivity index (χ2v) is 7.49. The number of nitrogens with zero attached hydrogens (tertiary/aromatic N) is 2. The van der Waals surface area contributed by atoms with Crippen molar-refractivity contribution in [1.82, 2.24) is 9.78 Å². The van der Waals surface area contributed by atoms with Crippen molar-refractivity contribution in [3.63, 3.8) is 0 Å². The molecule has 3 aromatic rings. The van der Waals surface area contributed by atoms with Gasteiger partial charge in [0.05, 0.1) is 23.7 Å². The van der Waals surface area contributed by atoms with Crippen molar-refractivity contribution in [3.8, 4) is 11.4 Å². The summed E-state index contributed by atoms with van der Waals surface area (Å²) in [6.45, 7) is 3.13. The minimum absolute atomic E-state index is 0.0918. The van der Waals surface area contributed by atoms with Crippen molar-refractivity contribution in [2.45, 2.75) is 25.9 Å². The highest BCUT2D eigenvalue weighted by atomic mass is 16.5. The first-order chi connectivity index (χ1) is 15.0. The van der Waals surface area contributed by atoms with Gasteiger partial charge in [0.15, 0.2) is 0 Å². The fourth-order valence-electron chi connectivity index (χ4n) is 3.42. The van der Waals surface area contributed by atoms with Gasteiger partial charge in [-0.2, -0.15) is 5.10 Å². The second kappa shape index (κ2) is 9.01. The largest absolute Gasteiger partial charge is 0.491 e. The third kappa shape index (κ3) is 4.92. The third-order valence-corrected chi connectivity index (χ3v) is 5.04. The van der Waals surface area contributed by atoms with E-state index in [2.05, 4.69) is 10.4 Å². The van der Waals surface area contributed by atoms with E-state index in [1.54, 1.807) is 53.3 Å². The number of primary amides is 1. The minimum Gasteiger partial charge on any atom is -0.491 e. The number of benzene rings is 2. The van der Waals surface area contributed by atoms with Gasteiger partial charge in [0.2, 0.25) is 5.91 Å². The molecular weight excluding hydrogens is 396 g/mol. The maximum atomic E-state index is 13.0. The van der Waals surface area contributed by atoms with Gasteiger partial charge in [-0.05, 0) is 61.7 Å². The molecule has 1 saturated heterocycles. The molecule has 2 heterocycles. The zero-order valence-corrected chi connectivity index (χ0v) is 17.2. The zero-order valence-electron chi connectivity index (χ0n) is 17.2. The van der Waals surface area contributed by atoms with Crippen molar-refractivity contribution in [3.05, 3.63) is 71.5 Å². The molecule has 1 fully saturated rings. The summed E-state index contributed by atoms with van der Waals surface area (Å²) in [5.74, 6) is -0.325. The first kappa shape index (κ1) is 20.6.